The summed E-state index contributed by atoms with van der Waals surface area (Å²) in [5.74, 6) is 0. The molecule has 0 unspecified atom stereocenters. The van der Waals surface area contributed by atoms with Crippen LogP contribution in [0.5, 0.6) is 0 Å². The Labute approximate surface area is 133 Å². The number of sulfonamides is 1. The Bertz CT molecular complexity index is 586. The van der Waals surface area contributed by atoms with E-state index in [9.17, 15) is 8.42 Å². The molecule has 2 rings (SSSR count). The van der Waals surface area contributed by atoms with Crippen molar-refractivity contribution in [3.63, 3.8) is 0 Å². The van der Waals surface area contributed by atoms with Crippen LogP contribution >= 0.6 is 27.5 Å². The third-order valence-electron chi connectivity index (χ3n) is 3.70. The van der Waals surface area contributed by atoms with Gasteiger partial charge in [-0.15, -0.1) is 0 Å². The highest BCUT2D eigenvalue weighted by Gasteiger charge is 2.28. The highest BCUT2D eigenvalue weighted by atomic mass is 79.9. The summed E-state index contributed by atoms with van der Waals surface area (Å²) in [6, 6.07) is 4.61. The Morgan fingerprint density at radius 3 is 2.65 bits per heavy atom. The Hall–Kier alpha value is -0.140. The van der Waals surface area contributed by atoms with E-state index in [-0.39, 0.29) is 10.3 Å². The van der Waals surface area contributed by atoms with Crippen LogP contribution < -0.4 is 10.0 Å². The van der Waals surface area contributed by atoms with Crippen LogP contribution in [-0.2, 0) is 10.0 Å². The first-order valence-corrected chi connectivity index (χ1v) is 9.13. The largest absolute Gasteiger partial charge is 0.317 e. The van der Waals surface area contributed by atoms with Gasteiger partial charge in [-0.1, -0.05) is 18.5 Å². The molecule has 20 heavy (non-hydrogen) atoms. The lowest BCUT2D eigenvalue weighted by Crippen LogP contribution is -2.42. The highest BCUT2D eigenvalue weighted by molar-refractivity contribution is 9.10. The normalized spacial score (nSPS) is 18.9. The summed E-state index contributed by atoms with van der Waals surface area (Å²) in [5, 5.41) is 3.78. The summed E-state index contributed by atoms with van der Waals surface area (Å²) in [7, 11) is -3.50. The van der Waals surface area contributed by atoms with Gasteiger partial charge in [-0.2, -0.15) is 0 Å². The Morgan fingerprint density at radius 1 is 1.40 bits per heavy atom. The highest BCUT2D eigenvalue weighted by Crippen LogP contribution is 2.28. The minimum absolute atomic E-state index is 0.0159. The van der Waals surface area contributed by atoms with E-state index < -0.39 is 10.0 Å². The van der Waals surface area contributed by atoms with Crippen molar-refractivity contribution in [2.75, 3.05) is 19.6 Å². The van der Waals surface area contributed by atoms with Gasteiger partial charge >= 0.3 is 0 Å². The molecule has 0 bridgehead atoms. The number of benzene rings is 1. The lowest BCUT2D eigenvalue weighted by molar-refractivity contribution is 0.232. The molecule has 1 heterocycles. The fourth-order valence-electron chi connectivity index (χ4n) is 2.20. The third-order valence-corrected chi connectivity index (χ3v) is 6.31. The Balaban J connectivity index is 2.09. The SMILES string of the molecule is CC1(CNS(=O)(=O)c2ccc(Cl)c(Br)c2)CCNCC1. The standard InChI is InChI=1S/C13H18BrClN2O2S/c1-13(4-6-16-7-5-13)9-17-20(18,19)10-2-3-12(15)11(14)8-10/h2-3,8,16-17H,4-7,9H2,1H3. The van der Waals surface area contributed by atoms with Crippen LogP contribution in [-0.4, -0.2) is 28.1 Å². The Kier molecular flexibility index (Phi) is 5.13. The van der Waals surface area contributed by atoms with E-state index in [1.54, 1.807) is 6.07 Å². The monoisotopic (exact) mass is 380 g/mol. The molecule has 1 saturated heterocycles. The molecule has 0 radical (unpaired) electrons. The molecule has 0 atom stereocenters. The average molecular weight is 382 g/mol. The first kappa shape index (κ1) is 16.2. The van der Waals surface area contributed by atoms with Crippen LogP contribution in [0.3, 0.4) is 0 Å². The van der Waals surface area contributed by atoms with Crippen LogP contribution in [0.1, 0.15) is 19.8 Å². The molecule has 2 N–H and O–H groups in total. The molecule has 1 fully saturated rings. The fourth-order valence-corrected chi connectivity index (χ4v) is 4.08. The van der Waals surface area contributed by atoms with Crippen LogP contribution in [0.25, 0.3) is 0 Å². The summed E-state index contributed by atoms with van der Waals surface area (Å²) in [4.78, 5) is 0.228. The van der Waals surface area contributed by atoms with Crippen molar-refractivity contribution < 1.29 is 8.42 Å². The first-order chi connectivity index (χ1) is 9.32. The summed E-state index contributed by atoms with van der Waals surface area (Å²) >= 11 is 9.13. The zero-order valence-corrected chi connectivity index (χ0v) is 14.4. The van der Waals surface area contributed by atoms with Crippen molar-refractivity contribution in [2.45, 2.75) is 24.7 Å². The zero-order chi connectivity index (χ0) is 14.8. The molecule has 1 aromatic carbocycles. The van der Waals surface area contributed by atoms with E-state index in [0.717, 1.165) is 25.9 Å². The van der Waals surface area contributed by atoms with Gasteiger partial charge < -0.3 is 5.32 Å². The molecular weight excluding hydrogens is 364 g/mol. The van der Waals surface area contributed by atoms with Crippen molar-refractivity contribution in [3.8, 4) is 0 Å². The van der Waals surface area contributed by atoms with Gasteiger partial charge in [0.25, 0.3) is 0 Å². The number of piperidine rings is 1. The molecule has 0 amide bonds. The second-order valence-electron chi connectivity index (χ2n) is 5.46. The van der Waals surface area contributed by atoms with E-state index in [4.69, 9.17) is 11.6 Å². The molecule has 112 valence electrons. The number of nitrogens with one attached hydrogen (secondary N) is 2. The molecule has 1 aromatic rings. The molecule has 0 aromatic heterocycles. The number of hydrogen-bond donors (Lipinski definition) is 2. The molecule has 0 saturated carbocycles. The van der Waals surface area contributed by atoms with Gasteiger partial charge in [0, 0.05) is 11.0 Å². The van der Waals surface area contributed by atoms with Gasteiger partial charge in [0.1, 0.15) is 0 Å². The van der Waals surface area contributed by atoms with Gasteiger partial charge in [0.15, 0.2) is 0 Å². The smallest absolute Gasteiger partial charge is 0.240 e. The van der Waals surface area contributed by atoms with E-state index in [1.165, 1.54) is 12.1 Å². The van der Waals surface area contributed by atoms with Gasteiger partial charge in [0.2, 0.25) is 10.0 Å². The third kappa shape index (κ3) is 3.95. The zero-order valence-electron chi connectivity index (χ0n) is 11.2. The topological polar surface area (TPSA) is 58.2 Å². The maximum absolute atomic E-state index is 12.3. The van der Waals surface area contributed by atoms with Crippen LogP contribution in [0.4, 0.5) is 0 Å². The molecule has 0 aliphatic carbocycles. The van der Waals surface area contributed by atoms with Crippen molar-refractivity contribution >= 4 is 37.6 Å². The molecule has 4 nitrogen and oxygen atoms in total. The maximum Gasteiger partial charge on any atom is 0.240 e. The molecule has 1 aliphatic heterocycles. The second kappa shape index (κ2) is 6.32. The van der Waals surface area contributed by atoms with E-state index in [0.29, 0.717) is 16.0 Å². The van der Waals surface area contributed by atoms with Gasteiger partial charge in [0.05, 0.1) is 9.92 Å². The van der Waals surface area contributed by atoms with Gasteiger partial charge in [-0.05, 0) is 65.5 Å². The lowest BCUT2D eigenvalue weighted by atomic mass is 9.81. The maximum atomic E-state index is 12.3. The van der Waals surface area contributed by atoms with Crippen LogP contribution in [0.15, 0.2) is 27.6 Å². The van der Waals surface area contributed by atoms with Crippen molar-refractivity contribution in [1.82, 2.24) is 10.0 Å². The minimum Gasteiger partial charge on any atom is -0.317 e. The van der Waals surface area contributed by atoms with Crippen molar-refractivity contribution in [3.05, 3.63) is 27.7 Å². The van der Waals surface area contributed by atoms with Gasteiger partial charge in [-0.25, -0.2) is 13.1 Å². The minimum atomic E-state index is -3.50. The first-order valence-electron chi connectivity index (χ1n) is 6.48. The van der Waals surface area contributed by atoms with Crippen molar-refractivity contribution in [1.29, 1.82) is 0 Å². The molecule has 0 spiro atoms. The molecular formula is C13H18BrClN2O2S. The van der Waals surface area contributed by atoms with E-state index >= 15 is 0 Å². The number of hydrogen-bond acceptors (Lipinski definition) is 3. The second-order valence-corrected chi connectivity index (χ2v) is 8.49. The summed E-state index contributed by atoms with van der Waals surface area (Å²) in [6.45, 7) is 4.45. The summed E-state index contributed by atoms with van der Waals surface area (Å²) in [6.07, 6.45) is 1.94. The summed E-state index contributed by atoms with van der Waals surface area (Å²) in [5.41, 5.74) is 0.0159. The lowest BCUT2D eigenvalue weighted by Gasteiger charge is -2.34. The van der Waals surface area contributed by atoms with Crippen molar-refractivity contribution in [2.24, 2.45) is 5.41 Å². The fraction of sp³-hybridized carbons (Fsp3) is 0.538. The van der Waals surface area contributed by atoms with Crippen LogP contribution in [0, 0.1) is 5.41 Å². The summed E-state index contributed by atoms with van der Waals surface area (Å²) < 4.78 is 27.9. The predicted molar refractivity (Wildman–Crippen MR) is 84.6 cm³/mol. The quantitative estimate of drug-likeness (QED) is 0.843. The van der Waals surface area contributed by atoms with E-state index in [2.05, 4.69) is 32.9 Å². The molecule has 1 aliphatic rings. The average Bonchev–Trinajstić information content (AvgIpc) is 2.41. The van der Waals surface area contributed by atoms with Crippen LogP contribution in [0.2, 0.25) is 5.02 Å². The molecule has 7 heteroatoms. The van der Waals surface area contributed by atoms with Gasteiger partial charge in [-0.3, -0.25) is 0 Å². The van der Waals surface area contributed by atoms with E-state index in [1.807, 2.05) is 0 Å². The Morgan fingerprint density at radius 2 is 2.05 bits per heavy atom. The number of halogens is 2. The predicted octanol–water partition coefficient (Wildman–Crippen LogP) is 2.77. The number of rotatable bonds is 4.